The normalized spacial score (nSPS) is 10.6. The Morgan fingerprint density at radius 3 is 2.58 bits per heavy atom. The maximum absolute atomic E-state index is 12.0. The molecule has 0 aliphatic carbocycles. The Hall–Kier alpha value is -2.02. The molecule has 0 bridgehead atoms. The van der Waals surface area contributed by atoms with Crippen molar-refractivity contribution in [2.75, 3.05) is 18.5 Å². The molecule has 1 heterocycles. The van der Waals surface area contributed by atoms with Crippen molar-refractivity contribution in [3.8, 4) is 0 Å². The molecule has 19 heavy (non-hydrogen) atoms. The van der Waals surface area contributed by atoms with Crippen LogP contribution >= 0.6 is 0 Å². The maximum atomic E-state index is 12.0. The van der Waals surface area contributed by atoms with Gasteiger partial charge >= 0.3 is 12.0 Å². The number of carbonyl (C=O) groups is 2. The highest BCUT2D eigenvalue weighted by Gasteiger charge is 2.20. The van der Waals surface area contributed by atoms with E-state index in [4.69, 9.17) is 10.2 Å². The number of amides is 2. The smallest absolute Gasteiger partial charge is 0.354 e. The summed E-state index contributed by atoms with van der Waals surface area (Å²) < 4.78 is 0. The number of carboxylic acid groups (broad SMARTS) is 1. The number of aliphatic hydroxyl groups excluding tert-OH is 1. The number of aliphatic hydroxyl groups is 1. The number of anilines is 1. The number of aromatic amines is 1. The number of nitrogens with one attached hydrogen (secondary N) is 2. The van der Waals surface area contributed by atoms with Crippen LogP contribution in [0.15, 0.2) is 6.07 Å². The molecular formula is C12H19N3O4. The van der Waals surface area contributed by atoms with E-state index in [0.29, 0.717) is 5.69 Å². The Balaban J connectivity index is 2.89. The summed E-state index contributed by atoms with van der Waals surface area (Å²) in [7, 11) is 0. The van der Waals surface area contributed by atoms with Gasteiger partial charge in [0, 0.05) is 18.3 Å². The molecule has 0 fully saturated rings. The van der Waals surface area contributed by atoms with Gasteiger partial charge in [-0.1, -0.05) is 0 Å². The molecule has 7 heteroatoms. The van der Waals surface area contributed by atoms with Crippen LogP contribution in [0, 0.1) is 6.92 Å². The molecule has 106 valence electrons. The van der Waals surface area contributed by atoms with Crippen molar-refractivity contribution in [1.29, 1.82) is 0 Å². The molecule has 0 unspecified atom stereocenters. The number of aromatic nitrogens is 1. The van der Waals surface area contributed by atoms with Crippen molar-refractivity contribution >= 4 is 17.7 Å². The zero-order chi connectivity index (χ0) is 14.6. The summed E-state index contributed by atoms with van der Waals surface area (Å²) in [6, 6.07) is 1.02. The highest BCUT2D eigenvalue weighted by atomic mass is 16.4. The lowest BCUT2D eigenvalue weighted by molar-refractivity contribution is 0.0692. The van der Waals surface area contributed by atoms with Gasteiger partial charge in [-0.25, -0.2) is 9.59 Å². The fraction of sp³-hybridized carbons (Fsp3) is 0.500. The van der Waals surface area contributed by atoms with Crippen molar-refractivity contribution in [2.45, 2.75) is 26.8 Å². The van der Waals surface area contributed by atoms with Gasteiger partial charge < -0.3 is 25.4 Å². The quantitative estimate of drug-likeness (QED) is 0.645. The predicted molar refractivity (Wildman–Crippen MR) is 70.4 cm³/mol. The topological polar surface area (TPSA) is 106 Å². The third-order valence-corrected chi connectivity index (χ3v) is 2.63. The molecule has 0 saturated heterocycles. The van der Waals surface area contributed by atoms with Crippen LogP contribution in [0.25, 0.3) is 0 Å². The molecule has 1 aromatic rings. The molecule has 0 saturated carbocycles. The molecule has 2 amide bonds. The van der Waals surface area contributed by atoms with Gasteiger partial charge in [0.2, 0.25) is 0 Å². The number of carbonyl (C=O) groups excluding carboxylic acids is 1. The number of rotatable bonds is 5. The van der Waals surface area contributed by atoms with Crippen LogP contribution in [-0.4, -0.2) is 51.3 Å². The zero-order valence-electron chi connectivity index (χ0n) is 11.2. The summed E-state index contributed by atoms with van der Waals surface area (Å²) in [4.78, 5) is 27.1. The third kappa shape index (κ3) is 3.72. The third-order valence-electron chi connectivity index (χ3n) is 2.63. The van der Waals surface area contributed by atoms with E-state index in [0.717, 1.165) is 0 Å². The fourth-order valence-electron chi connectivity index (χ4n) is 1.75. The number of hydrogen-bond acceptors (Lipinski definition) is 3. The van der Waals surface area contributed by atoms with E-state index >= 15 is 0 Å². The minimum atomic E-state index is -1.14. The van der Waals surface area contributed by atoms with Crippen LogP contribution < -0.4 is 5.32 Å². The summed E-state index contributed by atoms with van der Waals surface area (Å²) in [5.74, 6) is -1.14. The van der Waals surface area contributed by atoms with Crippen LogP contribution in [0.1, 0.15) is 30.0 Å². The molecular weight excluding hydrogens is 250 g/mol. The largest absolute Gasteiger partial charge is 0.477 e. The highest BCUT2D eigenvalue weighted by Crippen LogP contribution is 2.17. The van der Waals surface area contributed by atoms with Crippen molar-refractivity contribution < 1.29 is 19.8 Å². The fourth-order valence-corrected chi connectivity index (χ4v) is 1.75. The van der Waals surface area contributed by atoms with E-state index in [2.05, 4.69) is 10.3 Å². The summed E-state index contributed by atoms with van der Waals surface area (Å²) in [6.45, 7) is 5.38. The van der Waals surface area contributed by atoms with Gasteiger partial charge in [-0.15, -0.1) is 0 Å². The van der Waals surface area contributed by atoms with Crippen molar-refractivity contribution in [2.24, 2.45) is 0 Å². The molecule has 0 spiro atoms. The lowest BCUT2D eigenvalue weighted by Crippen LogP contribution is -2.41. The Morgan fingerprint density at radius 2 is 2.11 bits per heavy atom. The van der Waals surface area contributed by atoms with E-state index in [9.17, 15) is 9.59 Å². The van der Waals surface area contributed by atoms with E-state index in [1.807, 2.05) is 13.8 Å². The predicted octanol–water partition coefficient (Wildman–Crippen LogP) is 1.26. The number of H-pyrrole nitrogens is 1. The second-order valence-corrected chi connectivity index (χ2v) is 4.49. The SMILES string of the molecule is Cc1cc(NC(=O)N(CCO)C(C)C)c(C(=O)O)[nH]1. The number of carboxylic acids is 1. The number of nitrogens with zero attached hydrogens (tertiary/aromatic N) is 1. The van der Waals surface area contributed by atoms with Gasteiger partial charge in [0.25, 0.3) is 0 Å². The number of hydrogen-bond donors (Lipinski definition) is 4. The average Bonchev–Trinajstić information content (AvgIpc) is 2.66. The number of urea groups is 1. The summed E-state index contributed by atoms with van der Waals surface area (Å²) in [6.07, 6.45) is 0. The lowest BCUT2D eigenvalue weighted by atomic mass is 10.3. The van der Waals surface area contributed by atoms with Crippen LogP contribution in [0.2, 0.25) is 0 Å². The van der Waals surface area contributed by atoms with Gasteiger partial charge in [0.15, 0.2) is 0 Å². The van der Waals surface area contributed by atoms with Gasteiger partial charge in [-0.05, 0) is 26.8 Å². The first-order valence-electron chi connectivity index (χ1n) is 5.98. The van der Waals surface area contributed by atoms with E-state index in [1.54, 1.807) is 13.0 Å². The van der Waals surface area contributed by atoms with Crippen LogP contribution in [0.3, 0.4) is 0 Å². The van der Waals surface area contributed by atoms with Crippen LogP contribution in [0.5, 0.6) is 0 Å². The van der Waals surface area contributed by atoms with Gasteiger partial charge in [-0.2, -0.15) is 0 Å². The molecule has 0 atom stereocenters. The van der Waals surface area contributed by atoms with Crippen LogP contribution in [0.4, 0.5) is 10.5 Å². The molecule has 0 aliphatic rings. The summed E-state index contributed by atoms with van der Waals surface area (Å²) in [5, 5.41) is 20.5. The highest BCUT2D eigenvalue weighted by molar-refractivity contribution is 5.99. The van der Waals surface area contributed by atoms with Crippen molar-refractivity contribution in [1.82, 2.24) is 9.88 Å². The minimum Gasteiger partial charge on any atom is -0.477 e. The minimum absolute atomic E-state index is 0.0569. The number of aromatic carboxylic acids is 1. The van der Waals surface area contributed by atoms with Gasteiger partial charge in [-0.3, -0.25) is 0 Å². The molecule has 1 aromatic heterocycles. The molecule has 0 radical (unpaired) electrons. The lowest BCUT2D eigenvalue weighted by Gasteiger charge is -2.25. The average molecular weight is 269 g/mol. The van der Waals surface area contributed by atoms with Crippen LogP contribution in [-0.2, 0) is 0 Å². The molecule has 0 aliphatic heterocycles. The van der Waals surface area contributed by atoms with E-state index < -0.39 is 12.0 Å². The second-order valence-electron chi connectivity index (χ2n) is 4.49. The Kier molecular flexibility index (Phi) is 4.94. The first kappa shape index (κ1) is 15.0. The Bertz CT molecular complexity index is 468. The molecule has 4 N–H and O–H groups in total. The standard InChI is InChI=1S/C12H19N3O4/c1-7(2)15(4-5-16)12(19)14-9-6-8(3)13-10(9)11(17)18/h6-7,13,16H,4-5H2,1-3H3,(H,14,19)(H,17,18). The first-order chi connectivity index (χ1) is 8.86. The Morgan fingerprint density at radius 1 is 1.47 bits per heavy atom. The molecule has 1 rings (SSSR count). The van der Waals surface area contributed by atoms with E-state index in [-0.39, 0.29) is 30.6 Å². The summed E-state index contributed by atoms with van der Waals surface area (Å²) >= 11 is 0. The van der Waals surface area contributed by atoms with Crippen molar-refractivity contribution in [3.63, 3.8) is 0 Å². The monoisotopic (exact) mass is 269 g/mol. The summed E-state index contributed by atoms with van der Waals surface area (Å²) in [5.41, 5.74) is 0.808. The Labute approximate surface area is 111 Å². The molecule has 0 aromatic carbocycles. The zero-order valence-corrected chi connectivity index (χ0v) is 11.2. The van der Waals surface area contributed by atoms with E-state index in [1.165, 1.54) is 4.90 Å². The maximum Gasteiger partial charge on any atom is 0.354 e. The van der Waals surface area contributed by atoms with Crippen molar-refractivity contribution in [3.05, 3.63) is 17.5 Å². The van der Waals surface area contributed by atoms with Gasteiger partial charge in [0.05, 0.1) is 12.3 Å². The molecule has 7 nitrogen and oxygen atoms in total. The first-order valence-corrected chi connectivity index (χ1v) is 5.98. The second kappa shape index (κ2) is 6.24. The van der Waals surface area contributed by atoms with Gasteiger partial charge in [0.1, 0.15) is 5.69 Å². The number of aryl methyl sites for hydroxylation is 1.